The van der Waals surface area contributed by atoms with E-state index in [-0.39, 0.29) is 17.8 Å². The van der Waals surface area contributed by atoms with Crippen LogP contribution in [0.3, 0.4) is 0 Å². The smallest absolute Gasteiger partial charge is 0.317 e. The standard InChI is InChI=1S/C22H26N4O2/c27-20-6-4-17(5-7-20)18-8-13-26(14-9-18)22(28)24-19-10-15-25(16-11-19)21-3-1-2-12-23-21/h1-8,12,19,27H,9-11,13-16H2,(H,24,28). The molecule has 0 bridgehead atoms. The van der Waals surface area contributed by atoms with E-state index in [4.69, 9.17) is 0 Å². The lowest BCUT2D eigenvalue weighted by molar-refractivity contribution is 0.196. The van der Waals surface area contributed by atoms with Crippen LogP contribution in [0.2, 0.25) is 0 Å². The van der Waals surface area contributed by atoms with Gasteiger partial charge in [-0.2, -0.15) is 0 Å². The number of amides is 2. The number of hydrogen-bond acceptors (Lipinski definition) is 4. The summed E-state index contributed by atoms with van der Waals surface area (Å²) < 4.78 is 0. The van der Waals surface area contributed by atoms with E-state index >= 15 is 0 Å². The van der Waals surface area contributed by atoms with Gasteiger partial charge in [0.1, 0.15) is 11.6 Å². The lowest BCUT2D eigenvalue weighted by atomic mass is 9.99. The van der Waals surface area contributed by atoms with Crippen LogP contribution in [0.25, 0.3) is 5.57 Å². The predicted octanol–water partition coefficient (Wildman–Crippen LogP) is 3.25. The first-order valence-corrected chi connectivity index (χ1v) is 9.89. The quantitative estimate of drug-likeness (QED) is 0.860. The molecule has 3 heterocycles. The number of nitrogens with one attached hydrogen (secondary N) is 1. The number of carbonyl (C=O) groups is 1. The summed E-state index contributed by atoms with van der Waals surface area (Å²) in [6.45, 7) is 3.15. The number of phenolic OH excluding ortho intramolecular Hbond substituents is 1. The molecule has 1 aromatic carbocycles. The average Bonchev–Trinajstić information content (AvgIpc) is 2.75. The molecule has 6 nitrogen and oxygen atoms in total. The number of nitrogens with zero attached hydrogens (tertiary/aromatic N) is 3. The van der Waals surface area contributed by atoms with Crippen molar-refractivity contribution < 1.29 is 9.90 Å². The molecule has 1 saturated heterocycles. The zero-order valence-corrected chi connectivity index (χ0v) is 15.9. The van der Waals surface area contributed by atoms with E-state index in [0.29, 0.717) is 13.1 Å². The van der Waals surface area contributed by atoms with Crippen molar-refractivity contribution in [1.82, 2.24) is 15.2 Å². The van der Waals surface area contributed by atoms with Gasteiger partial charge in [0.2, 0.25) is 0 Å². The number of urea groups is 1. The van der Waals surface area contributed by atoms with Crippen molar-refractivity contribution >= 4 is 17.4 Å². The Balaban J connectivity index is 1.26. The molecule has 2 aliphatic heterocycles. The zero-order chi connectivity index (χ0) is 19.3. The molecule has 28 heavy (non-hydrogen) atoms. The molecule has 0 spiro atoms. The molecule has 4 rings (SSSR count). The van der Waals surface area contributed by atoms with Crippen LogP contribution < -0.4 is 10.2 Å². The molecule has 0 radical (unpaired) electrons. The molecule has 0 atom stereocenters. The summed E-state index contributed by atoms with van der Waals surface area (Å²) in [5.41, 5.74) is 2.34. The molecular formula is C22H26N4O2. The van der Waals surface area contributed by atoms with Crippen LogP contribution in [-0.4, -0.2) is 53.2 Å². The van der Waals surface area contributed by atoms with Crippen molar-refractivity contribution in [1.29, 1.82) is 0 Å². The number of piperidine rings is 1. The summed E-state index contributed by atoms with van der Waals surface area (Å²) in [6.07, 6.45) is 6.63. The van der Waals surface area contributed by atoms with Gasteiger partial charge in [-0.1, -0.05) is 24.3 Å². The van der Waals surface area contributed by atoms with Gasteiger partial charge >= 0.3 is 6.03 Å². The third kappa shape index (κ3) is 4.27. The maximum Gasteiger partial charge on any atom is 0.317 e. The van der Waals surface area contributed by atoms with Crippen molar-refractivity contribution in [2.75, 3.05) is 31.1 Å². The monoisotopic (exact) mass is 378 g/mol. The van der Waals surface area contributed by atoms with E-state index < -0.39 is 0 Å². The summed E-state index contributed by atoms with van der Waals surface area (Å²) in [4.78, 5) is 21.2. The molecule has 2 N–H and O–H groups in total. The van der Waals surface area contributed by atoms with E-state index in [2.05, 4.69) is 21.3 Å². The van der Waals surface area contributed by atoms with Crippen molar-refractivity contribution in [3.05, 3.63) is 60.3 Å². The van der Waals surface area contributed by atoms with Crippen LogP contribution in [0, 0.1) is 0 Å². The van der Waals surface area contributed by atoms with Crippen LogP contribution in [-0.2, 0) is 0 Å². The number of benzene rings is 1. The fraction of sp³-hybridized carbons (Fsp3) is 0.364. The number of anilines is 1. The highest BCUT2D eigenvalue weighted by Crippen LogP contribution is 2.24. The van der Waals surface area contributed by atoms with Gasteiger partial charge in [-0.25, -0.2) is 9.78 Å². The van der Waals surface area contributed by atoms with Crippen LogP contribution in [0.4, 0.5) is 10.6 Å². The van der Waals surface area contributed by atoms with Crippen molar-refractivity contribution in [2.24, 2.45) is 0 Å². The highest BCUT2D eigenvalue weighted by molar-refractivity contribution is 5.77. The highest BCUT2D eigenvalue weighted by Gasteiger charge is 2.24. The molecule has 1 aromatic heterocycles. The summed E-state index contributed by atoms with van der Waals surface area (Å²) in [7, 11) is 0. The number of carbonyl (C=O) groups excluding carboxylic acids is 1. The van der Waals surface area contributed by atoms with E-state index in [0.717, 1.165) is 43.7 Å². The summed E-state index contributed by atoms with van der Waals surface area (Å²) >= 11 is 0. The average molecular weight is 378 g/mol. The second-order valence-corrected chi connectivity index (χ2v) is 7.37. The molecule has 146 valence electrons. The Kier molecular flexibility index (Phi) is 5.46. The van der Waals surface area contributed by atoms with Crippen LogP contribution in [0.15, 0.2) is 54.7 Å². The molecule has 2 aromatic rings. The number of aromatic nitrogens is 1. The minimum atomic E-state index is 0.0253. The van der Waals surface area contributed by atoms with Crippen LogP contribution in [0.5, 0.6) is 5.75 Å². The number of hydrogen-bond donors (Lipinski definition) is 2. The molecule has 2 aliphatic rings. The van der Waals surface area contributed by atoms with Crippen LogP contribution >= 0.6 is 0 Å². The highest BCUT2D eigenvalue weighted by atomic mass is 16.3. The maximum atomic E-state index is 12.6. The Labute approximate surface area is 165 Å². The van der Waals surface area contributed by atoms with Crippen LogP contribution in [0.1, 0.15) is 24.8 Å². The van der Waals surface area contributed by atoms with Gasteiger partial charge < -0.3 is 20.2 Å². The van der Waals surface area contributed by atoms with Gasteiger partial charge in [0, 0.05) is 38.4 Å². The molecule has 1 fully saturated rings. The summed E-state index contributed by atoms with van der Waals surface area (Å²) in [5, 5.41) is 12.6. The summed E-state index contributed by atoms with van der Waals surface area (Å²) in [6, 6.07) is 13.5. The first-order valence-electron chi connectivity index (χ1n) is 9.89. The summed E-state index contributed by atoms with van der Waals surface area (Å²) in [5.74, 6) is 1.28. The normalized spacial score (nSPS) is 17.9. The predicted molar refractivity (Wildman–Crippen MR) is 110 cm³/mol. The Morgan fingerprint density at radius 1 is 1.07 bits per heavy atom. The lowest BCUT2D eigenvalue weighted by Crippen LogP contribution is -2.50. The Bertz CT molecular complexity index is 827. The minimum absolute atomic E-state index is 0.0253. The van der Waals surface area contributed by atoms with Gasteiger partial charge in [0.05, 0.1) is 0 Å². The van der Waals surface area contributed by atoms with E-state index in [1.165, 1.54) is 5.57 Å². The Morgan fingerprint density at radius 2 is 1.86 bits per heavy atom. The van der Waals surface area contributed by atoms with Crippen molar-refractivity contribution in [3.8, 4) is 5.75 Å². The van der Waals surface area contributed by atoms with Gasteiger partial charge in [-0.15, -0.1) is 0 Å². The molecule has 0 unspecified atom stereocenters. The first-order chi connectivity index (χ1) is 13.7. The van der Waals surface area contributed by atoms with E-state index in [1.807, 2.05) is 41.4 Å². The zero-order valence-electron chi connectivity index (χ0n) is 15.9. The van der Waals surface area contributed by atoms with E-state index in [1.54, 1.807) is 12.1 Å². The van der Waals surface area contributed by atoms with Crippen molar-refractivity contribution in [2.45, 2.75) is 25.3 Å². The van der Waals surface area contributed by atoms with Gasteiger partial charge in [-0.3, -0.25) is 0 Å². The number of pyridine rings is 1. The Morgan fingerprint density at radius 3 is 2.50 bits per heavy atom. The second kappa shape index (κ2) is 8.33. The largest absolute Gasteiger partial charge is 0.508 e. The topological polar surface area (TPSA) is 68.7 Å². The Hall–Kier alpha value is -3.02. The molecule has 6 heteroatoms. The molecular weight excluding hydrogens is 352 g/mol. The molecule has 0 saturated carbocycles. The third-order valence-electron chi connectivity index (χ3n) is 5.53. The third-order valence-corrected chi connectivity index (χ3v) is 5.53. The van der Waals surface area contributed by atoms with Gasteiger partial charge in [-0.05, 0) is 54.7 Å². The maximum absolute atomic E-state index is 12.6. The van der Waals surface area contributed by atoms with Crippen molar-refractivity contribution in [3.63, 3.8) is 0 Å². The SMILES string of the molecule is O=C(NC1CCN(c2ccccn2)CC1)N1CC=C(c2ccc(O)cc2)CC1. The minimum Gasteiger partial charge on any atom is -0.508 e. The fourth-order valence-corrected chi connectivity index (χ4v) is 3.85. The second-order valence-electron chi connectivity index (χ2n) is 7.37. The number of rotatable bonds is 3. The van der Waals surface area contributed by atoms with Gasteiger partial charge in [0.25, 0.3) is 0 Å². The van der Waals surface area contributed by atoms with E-state index in [9.17, 15) is 9.90 Å². The molecule has 2 amide bonds. The molecule has 0 aliphatic carbocycles. The lowest BCUT2D eigenvalue weighted by Gasteiger charge is -2.35. The number of phenols is 1. The fourth-order valence-electron chi connectivity index (χ4n) is 3.85. The number of aromatic hydroxyl groups is 1. The van der Waals surface area contributed by atoms with Gasteiger partial charge in [0.15, 0.2) is 0 Å². The first kappa shape index (κ1) is 18.3.